The van der Waals surface area contributed by atoms with Crippen LogP contribution in [-0.4, -0.2) is 32.1 Å². The second-order valence-electron chi connectivity index (χ2n) is 9.82. The normalized spacial score (nSPS) is 11.7. The van der Waals surface area contributed by atoms with E-state index in [-0.39, 0.29) is 23.3 Å². The van der Waals surface area contributed by atoms with E-state index in [1.165, 1.54) is 0 Å². The first kappa shape index (κ1) is 24.4. The predicted molar refractivity (Wildman–Crippen MR) is 124 cm³/mol. The summed E-state index contributed by atoms with van der Waals surface area (Å²) in [7, 11) is 1.62. The molecule has 1 N–H and O–H groups in total. The maximum Gasteiger partial charge on any atom is 0.338 e. The van der Waals surface area contributed by atoms with Crippen LogP contribution in [0.4, 0.5) is 0 Å². The first-order valence-electron chi connectivity index (χ1n) is 10.6. The van der Waals surface area contributed by atoms with Crippen molar-refractivity contribution in [2.45, 2.75) is 58.8 Å². The van der Waals surface area contributed by atoms with Crippen molar-refractivity contribution in [3.63, 3.8) is 0 Å². The molecule has 0 aliphatic rings. The lowest BCUT2D eigenvalue weighted by molar-refractivity contribution is -0.124. The lowest BCUT2D eigenvalue weighted by Crippen LogP contribution is -2.30. The monoisotopic (exact) mass is 425 g/mol. The molecule has 0 saturated carbocycles. The fourth-order valence-corrected chi connectivity index (χ4v) is 3.02. The third-order valence-corrected chi connectivity index (χ3v) is 5.13. The van der Waals surface area contributed by atoms with Crippen LogP contribution in [0.3, 0.4) is 0 Å². The molecule has 5 heteroatoms. The van der Waals surface area contributed by atoms with Crippen molar-refractivity contribution in [3.05, 3.63) is 64.7 Å². The van der Waals surface area contributed by atoms with Gasteiger partial charge >= 0.3 is 5.97 Å². The van der Waals surface area contributed by atoms with E-state index in [9.17, 15) is 9.59 Å². The van der Waals surface area contributed by atoms with Crippen molar-refractivity contribution in [2.75, 3.05) is 20.3 Å². The molecule has 0 heterocycles. The highest BCUT2D eigenvalue weighted by molar-refractivity contribution is 5.91. The van der Waals surface area contributed by atoms with Gasteiger partial charge in [-0.2, -0.15) is 0 Å². The molecule has 0 spiro atoms. The first-order valence-corrected chi connectivity index (χ1v) is 10.6. The van der Waals surface area contributed by atoms with Crippen molar-refractivity contribution < 1.29 is 19.1 Å². The first-order chi connectivity index (χ1) is 14.4. The molecule has 0 unspecified atom stereocenters. The SMILES string of the molecule is COc1ccc(CCNC(=O)COC(=O)c2cc(C(C)(C)C)cc(C(C)(C)C)c2)cc1. The Bertz CT molecular complexity index is 870. The number of methoxy groups -OCH3 is 1. The Balaban J connectivity index is 1.94. The number of carbonyl (C=O) groups excluding carboxylic acids is 2. The number of ether oxygens (including phenoxy) is 2. The molecule has 0 radical (unpaired) electrons. The van der Waals surface area contributed by atoms with Gasteiger partial charge in [0.05, 0.1) is 12.7 Å². The molecular weight excluding hydrogens is 390 g/mol. The quantitative estimate of drug-likeness (QED) is 0.647. The molecule has 168 valence electrons. The maximum absolute atomic E-state index is 12.6. The minimum atomic E-state index is -0.484. The fourth-order valence-electron chi connectivity index (χ4n) is 3.02. The van der Waals surface area contributed by atoms with Crippen LogP contribution < -0.4 is 10.1 Å². The Kier molecular flexibility index (Phi) is 7.88. The average molecular weight is 426 g/mol. The van der Waals surface area contributed by atoms with Gasteiger partial charge in [-0.25, -0.2) is 4.79 Å². The van der Waals surface area contributed by atoms with Gasteiger partial charge in [-0.3, -0.25) is 4.79 Å². The van der Waals surface area contributed by atoms with Gasteiger partial charge in [0.1, 0.15) is 5.75 Å². The molecule has 2 aromatic carbocycles. The molecule has 2 rings (SSSR count). The minimum absolute atomic E-state index is 0.102. The smallest absolute Gasteiger partial charge is 0.338 e. The number of hydrogen-bond acceptors (Lipinski definition) is 4. The molecule has 0 aliphatic carbocycles. The van der Waals surface area contributed by atoms with E-state index >= 15 is 0 Å². The highest BCUT2D eigenvalue weighted by Gasteiger charge is 2.23. The van der Waals surface area contributed by atoms with E-state index in [1.807, 2.05) is 36.4 Å². The topological polar surface area (TPSA) is 64.6 Å². The molecular formula is C26H35NO4. The number of amides is 1. The van der Waals surface area contributed by atoms with Crippen LogP contribution >= 0.6 is 0 Å². The van der Waals surface area contributed by atoms with E-state index in [2.05, 4.69) is 52.9 Å². The van der Waals surface area contributed by atoms with Crippen LogP contribution in [0.5, 0.6) is 5.75 Å². The van der Waals surface area contributed by atoms with Crippen molar-refractivity contribution in [3.8, 4) is 5.75 Å². The zero-order valence-corrected chi connectivity index (χ0v) is 19.8. The molecule has 1 amide bonds. The lowest BCUT2D eigenvalue weighted by atomic mass is 9.79. The highest BCUT2D eigenvalue weighted by Crippen LogP contribution is 2.30. The van der Waals surface area contributed by atoms with Gasteiger partial charge in [0.25, 0.3) is 5.91 Å². The van der Waals surface area contributed by atoms with Gasteiger partial charge in [0.2, 0.25) is 0 Å². The lowest BCUT2D eigenvalue weighted by Gasteiger charge is -2.25. The second-order valence-corrected chi connectivity index (χ2v) is 9.82. The number of hydrogen-bond donors (Lipinski definition) is 1. The molecule has 0 aromatic heterocycles. The predicted octanol–water partition coefficient (Wildman–Crippen LogP) is 4.81. The van der Waals surface area contributed by atoms with Crippen LogP contribution in [0, 0.1) is 0 Å². The summed E-state index contributed by atoms with van der Waals surface area (Å²) < 4.78 is 10.4. The number of benzene rings is 2. The minimum Gasteiger partial charge on any atom is -0.497 e. The molecule has 0 bridgehead atoms. The maximum atomic E-state index is 12.6. The summed E-state index contributed by atoms with van der Waals surface area (Å²) in [6.45, 7) is 12.8. The van der Waals surface area contributed by atoms with E-state index in [1.54, 1.807) is 7.11 Å². The van der Waals surface area contributed by atoms with Gasteiger partial charge < -0.3 is 14.8 Å². The molecule has 5 nitrogen and oxygen atoms in total. The summed E-state index contributed by atoms with van der Waals surface area (Å²) in [6, 6.07) is 13.5. The van der Waals surface area contributed by atoms with Gasteiger partial charge in [-0.05, 0) is 58.2 Å². The van der Waals surface area contributed by atoms with E-state index in [0.29, 0.717) is 18.5 Å². The summed E-state index contributed by atoms with van der Waals surface area (Å²) in [4.78, 5) is 24.8. The van der Waals surface area contributed by atoms with E-state index in [0.717, 1.165) is 22.4 Å². The van der Waals surface area contributed by atoms with E-state index in [4.69, 9.17) is 9.47 Å². The summed E-state index contributed by atoms with van der Waals surface area (Å²) >= 11 is 0. The number of esters is 1. The summed E-state index contributed by atoms with van der Waals surface area (Å²) in [5, 5.41) is 2.79. The summed E-state index contributed by atoms with van der Waals surface area (Å²) in [6.07, 6.45) is 0.687. The summed E-state index contributed by atoms with van der Waals surface area (Å²) in [5.74, 6) is -0.00312. The van der Waals surface area contributed by atoms with Crippen molar-refractivity contribution >= 4 is 11.9 Å². The molecule has 0 aliphatic heterocycles. The highest BCUT2D eigenvalue weighted by atomic mass is 16.5. The Morgan fingerprint density at radius 1 is 0.871 bits per heavy atom. The molecule has 0 fully saturated rings. The fraction of sp³-hybridized carbons (Fsp3) is 0.462. The third-order valence-electron chi connectivity index (χ3n) is 5.13. The Hall–Kier alpha value is -2.82. The second kappa shape index (κ2) is 9.99. The molecule has 2 aromatic rings. The Morgan fingerprint density at radius 3 is 1.90 bits per heavy atom. The van der Waals surface area contributed by atoms with Crippen molar-refractivity contribution in [1.29, 1.82) is 0 Å². The molecule has 0 saturated heterocycles. The van der Waals surface area contributed by atoms with Crippen LogP contribution in [0.15, 0.2) is 42.5 Å². The van der Waals surface area contributed by atoms with Gasteiger partial charge in [0.15, 0.2) is 6.61 Å². The molecule has 31 heavy (non-hydrogen) atoms. The van der Waals surface area contributed by atoms with E-state index < -0.39 is 5.97 Å². The molecule has 0 atom stereocenters. The Labute approximate surface area is 186 Å². The van der Waals surface area contributed by atoms with Crippen molar-refractivity contribution in [1.82, 2.24) is 5.32 Å². The van der Waals surface area contributed by atoms with Gasteiger partial charge in [0, 0.05) is 6.54 Å². The average Bonchev–Trinajstić information content (AvgIpc) is 2.71. The Morgan fingerprint density at radius 2 is 1.42 bits per heavy atom. The zero-order chi connectivity index (χ0) is 23.2. The van der Waals surface area contributed by atoms with Crippen LogP contribution in [0.1, 0.15) is 68.6 Å². The van der Waals surface area contributed by atoms with Crippen molar-refractivity contribution in [2.24, 2.45) is 0 Å². The van der Waals surface area contributed by atoms with Gasteiger partial charge in [-0.1, -0.05) is 59.7 Å². The summed E-state index contributed by atoms with van der Waals surface area (Å²) in [5.41, 5.74) is 3.49. The third kappa shape index (κ3) is 7.42. The van der Waals surface area contributed by atoms with Crippen LogP contribution in [0.25, 0.3) is 0 Å². The van der Waals surface area contributed by atoms with Crippen LogP contribution in [-0.2, 0) is 26.8 Å². The standard InChI is InChI=1S/C26H35NO4/c1-25(2,3)20-14-19(15-21(16-20)26(4,5)6)24(29)31-17-23(28)27-13-12-18-8-10-22(30-7)11-9-18/h8-11,14-16H,12-13,17H2,1-7H3,(H,27,28). The zero-order valence-electron chi connectivity index (χ0n) is 19.8. The number of nitrogens with one attached hydrogen (secondary N) is 1. The largest absolute Gasteiger partial charge is 0.497 e. The number of carbonyl (C=O) groups is 2. The number of rotatable bonds is 7. The van der Waals surface area contributed by atoms with Crippen LogP contribution in [0.2, 0.25) is 0 Å². The van der Waals surface area contributed by atoms with Gasteiger partial charge in [-0.15, -0.1) is 0 Å².